The Hall–Kier alpha value is -8.45. The molecule has 2 bridgehead atoms. The first-order valence-electron chi connectivity index (χ1n) is 44.1. The number of esters is 1. The number of carbonyl (C=O) groups excluding carboxylic acids is 7. The zero-order chi connectivity index (χ0) is 88.4. The molecule has 7 N–H and O–H groups in total. The van der Waals surface area contributed by atoms with Crippen molar-refractivity contribution in [3.8, 4) is 11.3 Å². The molecule has 2 amide bonds. The van der Waals surface area contributed by atoms with Crippen molar-refractivity contribution < 1.29 is 100 Å². The zero-order valence-electron chi connectivity index (χ0n) is 73.7. The Morgan fingerprint density at radius 2 is 1.46 bits per heavy atom. The minimum Gasteiger partial charge on any atom is -0.460 e. The highest BCUT2D eigenvalue weighted by Gasteiger charge is 2.53. The number of oxazole rings is 1. The number of anilines is 2. The Labute approximate surface area is 722 Å². The Morgan fingerprint density at radius 3 is 2.17 bits per heavy atom. The first-order valence-corrected chi connectivity index (χ1v) is 44.1. The minimum atomic E-state index is -2.53. The second-order valence-electron chi connectivity index (χ2n) is 33.4. The number of Topliss-reactive ketones (excluding diaryl/α,β-unsaturated/α-hetero) is 4. The van der Waals surface area contributed by atoms with Gasteiger partial charge in [-0.3, -0.25) is 28.8 Å². The van der Waals surface area contributed by atoms with Crippen LogP contribution in [0.5, 0.6) is 0 Å². The number of hydrogen-bond acceptors (Lipinski definition) is 29. The number of hydrogen-bond donors (Lipinski definition) is 5. The fourth-order valence-corrected chi connectivity index (χ4v) is 16.6. The number of carbonyl (C=O) groups is 7. The van der Waals surface area contributed by atoms with E-state index in [0.717, 1.165) is 61.8 Å². The monoisotopic (exact) mass is 1720 g/mol. The molecule has 1 saturated carbocycles. The van der Waals surface area contributed by atoms with E-state index in [1.54, 1.807) is 51.6 Å². The van der Waals surface area contributed by atoms with Gasteiger partial charge in [-0.25, -0.2) is 24.1 Å². The maximum absolute atomic E-state index is 14.8. The number of nitrogens with one attached hydrogen (secondary N) is 1. The molecule has 4 aromatic heterocycles. The van der Waals surface area contributed by atoms with Crippen LogP contribution in [0.1, 0.15) is 183 Å². The molecule has 4 aliphatic rings. The van der Waals surface area contributed by atoms with Gasteiger partial charge in [0.05, 0.1) is 121 Å². The number of unbranched alkanes of at least 4 members (excludes halogenated alkanes) is 3. The molecule has 2 unspecified atom stereocenters. The van der Waals surface area contributed by atoms with Crippen molar-refractivity contribution in [1.82, 2.24) is 49.9 Å². The molecule has 3 fully saturated rings. The average Bonchev–Trinajstić information content (AvgIpc) is 1.76. The molecule has 0 spiro atoms. The number of allylic oxidation sites excluding steroid dienone is 6. The lowest BCUT2D eigenvalue weighted by atomic mass is 9.78. The van der Waals surface area contributed by atoms with Gasteiger partial charge in [-0.2, -0.15) is 10.1 Å². The van der Waals surface area contributed by atoms with Crippen molar-refractivity contribution in [2.75, 3.05) is 118 Å². The van der Waals surface area contributed by atoms with Crippen molar-refractivity contribution in [2.24, 2.45) is 35.5 Å². The number of methoxy groups -OCH3 is 2. The number of nitrogens with two attached hydrogens (primary N) is 2. The molecule has 3 aliphatic heterocycles. The van der Waals surface area contributed by atoms with Crippen molar-refractivity contribution in [3.05, 3.63) is 84.0 Å². The van der Waals surface area contributed by atoms with Crippen LogP contribution in [0, 0.1) is 35.5 Å². The summed E-state index contributed by atoms with van der Waals surface area (Å²) in [5, 5.41) is 41.0. The maximum Gasteiger partial charge on any atom is 0.329 e. The largest absolute Gasteiger partial charge is 0.460 e. The quantitative estimate of drug-likeness (QED) is 0.0105. The van der Waals surface area contributed by atoms with Crippen LogP contribution >= 0.6 is 0 Å². The number of ketones is 4. The van der Waals surface area contributed by atoms with Crippen LogP contribution in [0.15, 0.2) is 82.7 Å². The van der Waals surface area contributed by atoms with E-state index in [1.807, 2.05) is 74.2 Å². The van der Waals surface area contributed by atoms with Crippen LogP contribution in [0.25, 0.3) is 33.4 Å². The molecule has 2 saturated heterocycles. The van der Waals surface area contributed by atoms with Gasteiger partial charge in [0.15, 0.2) is 17.0 Å². The van der Waals surface area contributed by atoms with Crippen molar-refractivity contribution in [3.63, 3.8) is 0 Å². The minimum absolute atomic E-state index is 0.0392. The van der Waals surface area contributed by atoms with Gasteiger partial charge in [0.25, 0.3) is 17.7 Å². The van der Waals surface area contributed by atoms with Crippen LogP contribution in [0.3, 0.4) is 0 Å². The number of benzene rings is 1. The normalized spacial score (nSPS) is 27.0. The van der Waals surface area contributed by atoms with Crippen LogP contribution < -0.4 is 16.8 Å². The Bertz CT molecular complexity index is 4310. The van der Waals surface area contributed by atoms with E-state index < -0.39 is 77.7 Å². The summed E-state index contributed by atoms with van der Waals surface area (Å²) < 4.78 is 73.9. The second kappa shape index (κ2) is 50.6. The van der Waals surface area contributed by atoms with Crippen molar-refractivity contribution in [2.45, 2.75) is 251 Å². The molecule has 33 heteroatoms. The number of amides is 2. The third kappa shape index (κ3) is 30.1. The SMILES string of the molecule is CO[C@@H]1C[C@H](C[C@@H](C)C2CC(=O)[C@H](C)/C=C(\C)[C@@H](O)[C@@H](OC)C(=O)[C@H](C)C[C@H](C)/C=C/C=C/C=C(\C)C(NC(C)=O)C[C@@H]3CC[C@@H](C)[C@@](O)(O3)C(=O)C(=O)N3CCCC[C@H]3C(=O)O2)CC[C@H]1OCCCCc1cn(CCOCCOCCOCCOCCOCCOCCC(=O)CCCCCn2nc(-c3ccc4oc(N)nc4c3)c3c(N)ncnc32)nn1. The highest BCUT2D eigenvalue weighted by molar-refractivity contribution is 6.39. The number of aromatic nitrogens is 8. The number of nitrogens with zero attached hydrogens (tertiary/aromatic N) is 9. The number of ether oxygens (including phenoxy) is 11. The van der Waals surface area contributed by atoms with Gasteiger partial charge in [-0.1, -0.05) is 88.3 Å². The average molecular weight is 1720 g/mol. The molecule has 1 aliphatic carbocycles. The number of rotatable bonds is 40. The molecule has 0 radical (unpaired) electrons. The van der Waals surface area contributed by atoms with Gasteiger partial charge in [0.1, 0.15) is 59.3 Å². The summed E-state index contributed by atoms with van der Waals surface area (Å²) in [5.41, 5.74) is 17.3. The summed E-state index contributed by atoms with van der Waals surface area (Å²) in [6.45, 7) is 20.6. The van der Waals surface area contributed by atoms with E-state index >= 15 is 0 Å². The fraction of sp³-hybridized carbons (Fsp3) is 0.678. The maximum atomic E-state index is 14.8. The molecule has 1 aromatic carbocycles. The first kappa shape index (κ1) is 98.3. The van der Waals surface area contributed by atoms with E-state index in [1.165, 1.54) is 25.3 Å². The molecule has 33 nitrogen and oxygen atoms in total. The van der Waals surface area contributed by atoms with Gasteiger partial charge in [-0.05, 0) is 158 Å². The lowest BCUT2D eigenvalue weighted by Crippen LogP contribution is -2.61. The third-order valence-electron chi connectivity index (χ3n) is 23.8. The van der Waals surface area contributed by atoms with Crippen LogP contribution in [0.4, 0.5) is 11.8 Å². The van der Waals surface area contributed by atoms with Crippen LogP contribution in [-0.4, -0.2) is 257 Å². The first-order chi connectivity index (χ1) is 59.2. The van der Waals surface area contributed by atoms with E-state index in [2.05, 4.69) is 30.6 Å². The summed E-state index contributed by atoms with van der Waals surface area (Å²) in [6.07, 6.45) is 20.4. The molecule has 123 heavy (non-hydrogen) atoms. The third-order valence-corrected chi connectivity index (χ3v) is 23.8. The van der Waals surface area contributed by atoms with Crippen molar-refractivity contribution in [1.29, 1.82) is 0 Å². The molecular formula is C90H134N12O21. The standard InChI is InChI=1S/C90H134N12O21/c1-58-21-13-11-14-22-59(2)71(95-65(8)103)54-70-29-26-64(7)90(111,123-70)84(108)87(109)101-33-19-16-25-73(101)88(110)121-77(55-74(105)60(3)50-63(6)82(107)83(113-10)81(106)62(5)49-58)61(4)51-66-27-30-76(78(52-66)112-9)120-36-20-17-23-68-56-100(99-97-68)35-38-115-40-42-117-44-46-119-48-47-118-45-43-116-41-39-114-37-32-69(104)24-15-12-18-34-102-86-79(85(91)93-57-94-86)80(98-102)67-28-31-75-72(53-67)96-89(92)122-75/h11,13-14,21-22,28,31,50,53,56-58,60-62,64,66,70-71,73,76-78,82-83,107,111H,12,15-20,23-27,29-30,32-49,51-52,54-55H2,1-10H3,(H2,92,96)(H,95,103)(H2,91,93,94)/b14-11+,21-13+,59-22+,63-50+/t58-,60-,61-,62-,64-,66+,70+,71?,73+,76-,77?,78-,82-,83+,90-/m1/s1. The number of cyclic esters (lactones) is 1. The molecule has 15 atom stereocenters. The lowest BCUT2D eigenvalue weighted by Gasteiger charge is -2.43. The summed E-state index contributed by atoms with van der Waals surface area (Å²) >= 11 is 0. The molecule has 7 heterocycles. The highest BCUT2D eigenvalue weighted by Crippen LogP contribution is 2.39. The molecule has 680 valence electrons. The zero-order valence-corrected chi connectivity index (χ0v) is 73.7. The molecule has 5 aromatic rings. The van der Waals surface area contributed by atoms with Gasteiger partial charge >= 0.3 is 5.97 Å². The summed E-state index contributed by atoms with van der Waals surface area (Å²) in [4.78, 5) is 112. The van der Waals surface area contributed by atoms with Crippen molar-refractivity contribution >= 4 is 74.9 Å². The fourth-order valence-electron chi connectivity index (χ4n) is 16.6. The predicted octanol–water partition coefficient (Wildman–Crippen LogP) is 9.74. The highest BCUT2D eigenvalue weighted by atomic mass is 16.6. The molecule has 9 rings (SSSR count). The van der Waals surface area contributed by atoms with E-state index in [4.69, 9.17) is 73.1 Å². The second-order valence-corrected chi connectivity index (χ2v) is 33.4. The summed E-state index contributed by atoms with van der Waals surface area (Å²) in [6, 6.07) is 3.85. The molecular weight excluding hydrogens is 1590 g/mol. The number of aliphatic hydroxyl groups excluding tert-OH is 1. The number of fused-ring (bicyclic) bond motifs is 5. The van der Waals surface area contributed by atoms with Gasteiger partial charge in [-0.15, -0.1) is 5.10 Å². The Balaban J connectivity index is 0.626. The summed E-state index contributed by atoms with van der Waals surface area (Å²) in [5.74, 6) is -8.34. The summed E-state index contributed by atoms with van der Waals surface area (Å²) in [7, 11) is 3.05. The van der Waals surface area contributed by atoms with E-state index in [-0.39, 0.29) is 85.0 Å². The lowest BCUT2D eigenvalue weighted by molar-refractivity contribution is -0.264. The Morgan fingerprint density at radius 1 is 0.748 bits per heavy atom. The van der Waals surface area contributed by atoms with Crippen LogP contribution in [0.2, 0.25) is 0 Å². The predicted molar refractivity (Wildman–Crippen MR) is 459 cm³/mol. The van der Waals surface area contributed by atoms with E-state index in [9.17, 15) is 43.8 Å². The smallest absolute Gasteiger partial charge is 0.329 e. The van der Waals surface area contributed by atoms with Crippen LogP contribution in [-0.2, 0) is 105 Å². The van der Waals surface area contributed by atoms with E-state index in [0.29, 0.717) is 202 Å². The number of piperidine rings is 1. The number of aliphatic hydroxyl groups is 2. The topological polar surface area (TPSA) is 429 Å². The van der Waals surface area contributed by atoms with Gasteiger partial charge < -0.3 is 88.4 Å². The Kier molecular flexibility index (Phi) is 40.5. The van der Waals surface area contributed by atoms with Gasteiger partial charge in [0, 0.05) is 89.6 Å². The number of nitrogen functional groups attached to an aromatic ring is 2. The van der Waals surface area contributed by atoms with Gasteiger partial charge in [0.2, 0.25) is 11.7 Å². The number of aryl methyl sites for hydroxylation is 2.